The van der Waals surface area contributed by atoms with Crippen molar-refractivity contribution < 1.29 is 16.8 Å². The number of sulfonamides is 2. The van der Waals surface area contributed by atoms with Gasteiger partial charge in [-0.25, -0.2) is 12.7 Å². The van der Waals surface area contributed by atoms with Gasteiger partial charge >= 0.3 is 0 Å². The van der Waals surface area contributed by atoms with E-state index in [-0.39, 0.29) is 21.5 Å². The number of rotatable bonds is 4. The number of halogens is 2. The number of amidine groups is 1. The molecule has 2 aromatic carbocycles. The maximum Gasteiger partial charge on any atom is 0.284 e. The predicted octanol–water partition coefficient (Wildman–Crippen LogP) is 3.48. The summed E-state index contributed by atoms with van der Waals surface area (Å²) in [5, 5.41) is 0.702. The molecular formula is C15H12Cl2N2O4S3. The summed E-state index contributed by atoms with van der Waals surface area (Å²) in [7, 11) is -7.99. The van der Waals surface area contributed by atoms with Gasteiger partial charge < -0.3 is 0 Å². The van der Waals surface area contributed by atoms with E-state index in [1.165, 1.54) is 48.5 Å². The van der Waals surface area contributed by atoms with Gasteiger partial charge in [-0.15, -0.1) is 4.40 Å². The monoisotopic (exact) mass is 450 g/mol. The number of thioether (sulfide) groups is 1. The molecule has 3 rings (SSSR count). The second-order valence-corrected chi connectivity index (χ2v) is 10.6. The molecule has 11 heteroatoms. The van der Waals surface area contributed by atoms with Gasteiger partial charge in [0.1, 0.15) is 0 Å². The van der Waals surface area contributed by atoms with Crippen molar-refractivity contribution in [3.05, 3.63) is 58.6 Å². The fourth-order valence-electron chi connectivity index (χ4n) is 2.18. The molecule has 2 aromatic rings. The van der Waals surface area contributed by atoms with Crippen LogP contribution in [0.2, 0.25) is 10.0 Å². The Morgan fingerprint density at radius 3 is 1.88 bits per heavy atom. The first-order valence-electron chi connectivity index (χ1n) is 7.22. The average Bonchev–Trinajstić information content (AvgIpc) is 3.04. The van der Waals surface area contributed by atoms with Crippen molar-refractivity contribution in [3.8, 4) is 0 Å². The van der Waals surface area contributed by atoms with Crippen molar-refractivity contribution >= 4 is 60.2 Å². The molecule has 26 heavy (non-hydrogen) atoms. The first-order valence-corrected chi connectivity index (χ1v) is 11.8. The van der Waals surface area contributed by atoms with Gasteiger partial charge in [0.2, 0.25) is 0 Å². The Labute approximate surface area is 165 Å². The van der Waals surface area contributed by atoms with Gasteiger partial charge in [-0.1, -0.05) is 35.0 Å². The Hall–Kier alpha value is -1.26. The zero-order valence-corrected chi connectivity index (χ0v) is 17.0. The Balaban J connectivity index is 1.98. The molecule has 0 atom stereocenters. The summed E-state index contributed by atoms with van der Waals surface area (Å²) in [6.45, 7) is 0.130. The van der Waals surface area contributed by atoms with Crippen LogP contribution < -0.4 is 0 Å². The van der Waals surface area contributed by atoms with Crippen LogP contribution in [-0.4, -0.2) is 38.6 Å². The third-order valence-electron chi connectivity index (χ3n) is 3.45. The topological polar surface area (TPSA) is 83.9 Å². The van der Waals surface area contributed by atoms with Crippen molar-refractivity contribution in [3.63, 3.8) is 0 Å². The molecule has 1 saturated heterocycles. The van der Waals surface area contributed by atoms with Crippen LogP contribution in [-0.2, 0) is 20.0 Å². The summed E-state index contributed by atoms with van der Waals surface area (Å²) in [6.07, 6.45) is 0. The SMILES string of the molecule is O=S(=O)(N=C1SCCN1S(=O)(=O)c1ccc(Cl)cc1)c1ccc(Cl)cc1. The van der Waals surface area contributed by atoms with E-state index in [4.69, 9.17) is 23.2 Å². The lowest BCUT2D eigenvalue weighted by Gasteiger charge is -2.18. The van der Waals surface area contributed by atoms with Crippen molar-refractivity contribution in [1.29, 1.82) is 0 Å². The Morgan fingerprint density at radius 2 is 1.35 bits per heavy atom. The summed E-state index contributed by atoms with van der Waals surface area (Å²) < 4.78 is 55.3. The molecule has 0 spiro atoms. The van der Waals surface area contributed by atoms with E-state index < -0.39 is 20.0 Å². The van der Waals surface area contributed by atoms with E-state index in [0.29, 0.717) is 15.8 Å². The van der Waals surface area contributed by atoms with Gasteiger partial charge in [0.05, 0.1) is 9.79 Å². The van der Waals surface area contributed by atoms with Gasteiger partial charge in [0.15, 0.2) is 5.17 Å². The highest BCUT2D eigenvalue weighted by molar-refractivity contribution is 8.16. The van der Waals surface area contributed by atoms with Crippen molar-refractivity contribution in [2.75, 3.05) is 12.3 Å². The minimum atomic E-state index is -4.06. The van der Waals surface area contributed by atoms with E-state index in [1.54, 1.807) is 0 Å². The van der Waals surface area contributed by atoms with E-state index in [9.17, 15) is 16.8 Å². The van der Waals surface area contributed by atoms with E-state index in [0.717, 1.165) is 16.1 Å². The van der Waals surface area contributed by atoms with Crippen LogP contribution in [0.4, 0.5) is 0 Å². The van der Waals surface area contributed by atoms with E-state index in [1.807, 2.05) is 0 Å². The molecule has 0 aliphatic carbocycles. The maximum absolute atomic E-state index is 12.8. The van der Waals surface area contributed by atoms with Gasteiger partial charge in [-0.05, 0) is 48.5 Å². The molecule has 0 bridgehead atoms. The largest absolute Gasteiger partial charge is 0.284 e. The number of hydrogen-bond acceptors (Lipinski definition) is 5. The highest BCUT2D eigenvalue weighted by atomic mass is 35.5. The number of hydrogen-bond donors (Lipinski definition) is 0. The van der Waals surface area contributed by atoms with Gasteiger partial charge in [-0.2, -0.15) is 8.42 Å². The molecule has 6 nitrogen and oxygen atoms in total. The van der Waals surface area contributed by atoms with E-state index >= 15 is 0 Å². The zero-order valence-electron chi connectivity index (χ0n) is 13.0. The molecule has 1 aliphatic rings. The van der Waals surface area contributed by atoms with Crippen LogP contribution in [0.1, 0.15) is 0 Å². The van der Waals surface area contributed by atoms with Crippen LogP contribution in [0.15, 0.2) is 62.7 Å². The standard InChI is InChI=1S/C15H12Cl2N2O4S3/c16-11-1-5-13(6-2-11)25(20,21)18-15-19(9-10-24-15)26(22,23)14-7-3-12(17)4-8-14/h1-8H,9-10H2. The number of benzene rings is 2. The van der Waals surface area contributed by atoms with E-state index in [2.05, 4.69) is 4.40 Å². The van der Waals surface area contributed by atoms with Crippen LogP contribution in [0.25, 0.3) is 0 Å². The molecule has 1 aliphatic heterocycles. The normalized spacial score (nSPS) is 17.0. The van der Waals surface area contributed by atoms with Crippen LogP contribution in [0, 0.1) is 0 Å². The lowest BCUT2D eigenvalue weighted by atomic mass is 10.4. The molecule has 0 radical (unpaired) electrons. The quantitative estimate of drug-likeness (QED) is 0.711. The molecule has 0 saturated carbocycles. The Bertz CT molecular complexity index is 1050. The Kier molecular flexibility index (Phi) is 5.55. The number of nitrogens with zero attached hydrogens (tertiary/aromatic N) is 2. The molecule has 1 heterocycles. The molecule has 1 fully saturated rings. The summed E-state index contributed by atoms with van der Waals surface area (Å²) in [5.41, 5.74) is 0. The summed E-state index contributed by atoms with van der Waals surface area (Å²) in [4.78, 5) is -0.0493. The highest BCUT2D eigenvalue weighted by Crippen LogP contribution is 2.28. The fraction of sp³-hybridized carbons (Fsp3) is 0.133. The van der Waals surface area contributed by atoms with Crippen molar-refractivity contribution in [2.45, 2.75) is 9.79 Å². The second kappa shape index (κ2) is 7.40. The highest BCUT2D eigenvalue weighted by Gasteiger charge is 2.33. The molecule has 138 valence electrons. The minimum Gasteiger partial charge on any atom is -0.243 e. The Morgan fingerprint density at radius 1 is 0.846 bits per heavy atom. The zero-order chi connectivity index (χ0) is 18.9. The van der Waals surface area contributed by atoms with Gasteiger partial charge in [0, 0.05) is 22.3 Å². The molecule has 0 N–H and O–H groups in total. The molecule has 0 unspecified atom stereocenters. The lowest BCUT2D eigenvalue weighted by molar-refractivity contribution is 0.540. The predicted molar refractivity (Wildman–Crippen MR) is 104 cm³/mol. The minimum absolute atomic E-state index is 0.0148. The summed E-state index contributed by atoms with van der Waals surface area (Å²) in [6, 6.07) is 11.1. The second-order valence-electron chi connectivity index (χ2n) is 5.18. The fourth-order valence-corrected chi connectivity index (χ4v) is 6.45. The smallest absolute Gasteiger partial charge is 0.243 e. The summed E-state index contributed by atoms with van der Waals surface area (Å²) in [5.74, 6) is 0.405. The average molecular weight is 451 g/mol. The first kappa shape index (κ1) is 19.5. The first-order chi connectivity index (χ1) is 12.2. The van der Waals surface area contributed by atoms with Gasteiger partial charge in [-0.3, -0.25) is 0 Å². The summed E-state index contributed by atoms with van der Waals surface area (Å²) >= 11 is 12.6. The molecule has 0 amide bonds. The third kappa shape index (κ3) is 4.01. The lowest BCUT2D eigenvalue weighted by Crippen LogP contribution is -2.32. The molecule has 0 aromatic heterocycles. The van der Waals surface area contributed by atoms with Crippen LogP contribution in [0.5, 0.6) is 0 Å². The maximum atomic E-state index is 12.8. The van der Waals surface area contributed by atoms with Crippen LogP contribution in [0.3, 0.4) is 0 Å². The van der Waals surface area contributed by atoms with Crippen LogP contribution >= 0.6 is 35.0 Å². The molecular weight excluding hydrogens is 439 g/mol. The third-order valence-corrected chi connectivity index (χ3v) is 8.23. The van der Waals surface area contributed by atoms with Crippen molar-refractivity contribution in [2.24, 2.45) is 4.40 Å². The van der Waals surface area contributed by atoms with Crippen molar-refractivity contribution in [1.82, 2.24) is 4.31 Å². The van der Waals surface area contributed by atoms with Gasteiger partial charge in [0.25, 0.3) is 20.0 Å².